The summed E-state index contributed by atoms with van der Waals surface area (Å²) in [5.74, 6) is 0. The van der Waals surface area contributed by atoms with Crippen molar-refractivity contribution >= 4 is 0 Å². The molecule has 0 amide bonds. The second-order valence-corrected chi connectivity index (χ2v) is 6.26. The molecule has 0 bridgehead atoms. The summed E-state index contributed by atoms with van der Waals surface area (Å²) in [6.07, 6.45) is 3.34. The average Bonchev–Trinajstić information content (AvgIpc) is 2.88. The fourth-order valence-corrected chi connectivity index (χ4v) is 3.39. The van der Waals surface area contributed by atoms with Crippen molar-refractivity contribution < 1.29 is 0 Å². The van der Waals surface area contributed by atoms with Gasteiger partial charge in [0.05, 0.1) is 0 Å². The van der Waals surface area contributed by atoms with Crippen LogP contribution in [0.3, 0.4) is 0 Å². The summed E-state index contributed by atoms with van der Waals surface area (Å²) in [6, 6.07) is 5.61. The van der Waals surface area contributed by atoms with E-state index in [1.54, 1.807) is 0 Å². The minimum absolute atomic E-state index is 0.628. The molecule has 2 rings (SSSR count). The van der Waals surface area contributed by atoms with Gasteiger partial charge in [-0.15, -0.1) is 0 Å². The molecule has 1 aromatic rings. The van der Waals surface area contributed by atoms with Crippen molar-refractivity contribution in [2.45, 2.75) is 59.3 Å². The average molecular weight is 288 g/mol. The van der Waals surface area contributed by atoms with Crippen LogP contribution in [0.2, 0.25) is 0 Å². The van der Waals surface area contributed by atoms with Crippen LogP contribution in [0.1, 0.15) is 45.4 Å². The van der Waals surface area contributed by atoms with Crippen LogP contribution in [0, 0.1) is 11.3 Å². The van der Waals surface area contributed by atoms with Crippen molar-refractivity contribution in [3.63, 3.8) is 0 Å². The summed E-state index contributed by atoms with van der Waals surface area (Å²) in [5, 5.41) is 9.15. The van der Waals surface area contributed by atoms with E-state index in [2.05, 4.69) is 49.8 Å². The van der Waals surface area contributed by atoms with Crippen molar-refractivity contribution in [3.8, 4) is 6.07 Å². The summed E-state index contributed by atoms with van der Waals surface area (Å²) in [6.45, 7) is 14.2. The van der Waals surface area contributed by atoms with Crippen LogP contribution in [0.5, 0.6) is 0 Å². The Morgan fingerprint density at radius 3 is 2.62 bits per heavy atom. The van der Waals surface area contributed by atoms with E-state index in [9.17, 15) is 0 Å². The van der Waals surface area contributed by atoms with Crippen LogP contribution in [-0.2, 0) is 13.1 Å². The maximum atomic E-state index is 9.15. The quantitative estimate of drug-likeness (QED) is 0.835. The molecule has 1 atom stereocenters. The molecule has 1 aromatic heterocycles. The molecule has 0 radical (unpaired) electrons. The Kier molecular flexibility index (Phi) is 5.44. The highest BCUT2D eigenvalue weighted by atomic mass is 15.3. The van der Waals surface area contributed by atoms with Crippen molar-refractivity contribution in [2.24, 2.45) is 0 Å². The van der Waals surface area contributed by atoms with Crippen LogP contribution >= 0.6 is 0 Å². The van der Waals surface area contributed by atoms with Crippen LogP contribution in [0.4, 0.5) is 0 Å². The maximum Gasteiger partial charge on any atom is 0.120 e. The van der Waals surface area contributed by atoms with Gasteiger partial charge in [0.2, 0.25) is 0 Å². The third-order valence-electron chi connectivity index (χ3n) is 4.56. The van der Waals surface area contributed by atoms with Crippen LogP contribution < -0.4 is 0 Å². The zero-order valence-electron chi connectivity index (χ0n) is 13.8. The maximum absolute atomic E-state index is 9.15. The van der Waals surface area contributed by atoms with Gasteiger partial charge in [0.1, 0.15) is 11.8 Å². The lowest BCUT2D eigenvalue weighted by Gasteiger charge is -2.43. The van der Waals surface area contributed by atoms with Gasteiger partial charge in [-0.05, 0) is 38.8 Å². The number of hydrogen-bond donors (Lipinski definition) is 0. The highest BCUT2D eigenvalue weighted by Crippen LogP contribution is 2.18. The third kappa shape index (κ3) is 3.66. The van der Waals surface area contributed by atoms with Gasteiger partial charge in [-0.2, -0.15) is 5.26 Å². The molecule has 1 saturated heterocycles. The predicted molar refractivity (Wildman–Crippen MR) is 86.0 cm³/mol. The lowest BCUT2D eigenvalue weighted by atomic mass is 10.1. The number of hydrogen-bond acceptors (Lipinski definition) is 3. The van der Waals surface area contributed by atoms with E-state index in [0.29, 0.717) is 12.1 Å². The summed E-state index contributed by atoms with van der Waals surface area (Å²) in [4.78, 5) is 5.15. The Labute approximate surface area is 129 Å². The first-order chi connectivity index (χ1) is 10.1. The molecule has 0 unspecified atom stereocenters. The number of rotatable bonds is 5. The Morgan fingerprint density at radius 1 is 1.33 bits per heavy atom. The fraction of sp³-hybridized carbons (Fsp3) is 0.706. The smallest absolute Gasteiger partial charge is 0.120 e. The van der Waals surface area contributed by atoms with Crippen molar-refractivity contribution in [1.29, 1.82) is 5.26 Å². The Bertz CT molecular complexity index is 497. The summed E-state index contributed by atoms with van der Waals surface area (Å²) >= 11 is 0. The zero-order valence-corrected chi connectivity index (χ0v) is 13.8. The van der Waals surface area contributed by atoms with E-state index in [4.69, 9.17) is 5.26 Å². The monoisotopic (exact) mass is 288 g/mol. The van der Waals surface area contributed by atoms with Crippen molar-refractivity contribution in [1.82, 2.24) is 14.4 Å². The molecule has 2 heterocycles. The molecule has 4 heteroatoms. The second kappa shape index (κ2) is 7.11. The molecule has 0 N–H and O–H groups in total. The lowest BCUT2D eigenvalue weighted by Crippen LogP contribution is -2.54. The zero-order chi connectivity index (χ0) is 15.4. The lowest BCUT2D eigenvalue weighted by molar-refractivity contribution is 0.0457. The van der Waals surface area contributed by atoms with Gasteiger partial charge < -0.3 is 4.57 Å². The topological polar surface area (TPSA) is 35.2 Å². The fourth-order valence-electron chi connectivity index (χ4n) is 3.39. The SMILES string of the molecule is CC[C@H]1CN(Cc2cc(C#N)n(CC)c2)CCN1C(C)C. The molecule has 21 heavy (non-hydrogen) atoms. The Morgan fingerprint density at radius 2 is 2.10 bits per heavy atom. The van der Waals surface area contributed by atoms with Gasteiger partial charge in [0.15, 0.2) is 0 Å². The van der Waals surface area contributed by atoms with Gasteiger partial charge in [-0.1, -0.05) is 6.92 Å². The first-order valence-electron chi connectivity index (χ1n) is 8.16. The van der Waals surface area contributed by atoms with Crippen LogP contribution in [0.15, 0.2) is 12.3 Å². The largest absolute Gasteiger partial charge is 0.339 e. The van der Waals surface area contributed by atoms with Gasteiger partial charge in [-0.25, -0.2) is 0 Å². The number of piperazine rings is 1. The minimum atomic E-state index is 0.628. The standard InChI is InChI=1S/C17H28N4/c1-5-16-13-19(7-8-21(16)14(3)4)11-15-9-17(10-18)20(6-2)12-15/h9,12,14,16H,5-8,11,13H2,1-4H3/t16-/m0/s1. The molecular weight excluding hydrogens is 260 g/mol. The molecule has 1 aliphatic heterocycles. The second-order valence-electron chi connectivity index (χ2n) is 6.26. The first kappa shape index (κ1) is 16.1. The van der Waals surface area contributed by atoms with E-state index in [1.807, 2.05) is 10.6 Å². The molecule has 4 nitrogen and oxygen atoms in total. The van der Waals surface area contributed by atoms with Gasteiger partial charge in [0.25, 0.3) is 0 Å². The number of nitrogens with zero attached hydrogens (tertiary/aromatic N) is 4. The number of aromatic nitrogens is 1. The Balaban J connectivity index is 2.01. The van der Waals surface area contributed by atoms with Crippen LogP contribution in [0.25, 0.3) is 0 Å². The molecule has 0 spiro atoms. The molecule has 0 saturated carbocycles. The van der Waals surface area contributed by atoms with E-state index >= 15 is 0 Å². The van der Waals surface area contributed by atoms with Crippen molar-refractivity contribution in [2.75, 3.05) is 19.6 Å². The highest BCUT2D eigenvalue weighted by Gasteiger charge is 2.27. The number of nitriles is 1. The molecule has 1 aliphatic rings. The summed E-state index contributed by atoms with van der Waals surface area (Å²) in [7, 11) is 0. The minimum Gasteiger partial charge on any atom is -0.339 e. The van der Waals surface area contributed by atoms with Gasteiger partial charge in [0, 0.05) is 51.0 Å². The van der Waals surface area contributed by atoms with E-state index in [-0.39, 0.29) is 0 Å². The molecule has 116 valence electrons. The first-order valence-corrected chi connectivity index (χ1v) is 8.16. The van der Waals surface area contributed by atoms with Gasteiger partial charge >= 0.3 is 0 Å². The summed E-state index contributed by atoms with van der Waals surface area (Å²) in [5.41, 5.74) is 2.04. The third-order valence-corrected chi connectivity index (χ3v) is 4.56. The normalized spacial score (nSPS) is 20.9. The predicted octanol–water partition coefficient (Wildman–Crippen LogP) is 2.68. The van der Waals surface area contributed by atoms with E-state index < -0.39 is 0 Å². The highest BCUT2D eigenvalue weighted by molar-refractivity contribution is 5.28. The Hall–Kier alpha value is -1.31. The molecule has 0 aliphatic carbocycles. The molecule has 1 fully saturated rings. The number of aryl methyl sites for hydroxylation is 1. The summed E-state index contributed by atoms with van der Waals surface area (Å²) < 4.78 is 2.04. The van der Waals surface area contributed by atoms with Crippen LogP contribution in [-0.4, -0.2) is 46.1 Å². The molecule has 0 aromatic carbocycles. The van der Waals surface area contributed by atoms with E-state index in [0.717, 1.165) is 38.4 Å². The van der Waals surface area contributed by atoms with E-state index in [1.165, 1.54) is 12.0 Å². The van der Waals surface area contributed by atoms with Crippen molar-refractivity contribution in [3.05, 3.63) is 23.5 Å². The molecular formula is C17H28N4. The van der Waals surface area contributed by atoms with Gasteiger partial charge in [-0.3, -0.25) is 9.80 Å².